The quantitative estimate of drug-likeness (QED) is 0.566. The van der Waals surface area contributed by atoms with Gasteiger partial charge in [-0.05, 0) is 61.2 Å². The number of benzene rings is 1. The summed E-state index contributed by atoms with van der Waals surface area (Å²) in [6, 6.07) is 11.3. The average molecular weight is 398 g/mol. The van der Waals surface area contributed by atoms with Crippen LogP contribution in [0.5, 0.6) is 5.75 Å². The summed E-state index contributed by atoms with van der Waals surface area (Å²) in [5.74, 6) is 0.761. The number of rotatable bonds is 7. The van der Waals surface area contributed by atoms with E-state index in [1.165, 1.54) is 19.0 Å². The molecule has 0 bridgehead atoms. The molecule has 1 aliphatic carbocycles. The number of hydrogen-bond acceptors (Lipinski definition) is 6. The molecule has 1 aromatic carbocycles. The number of carbonyl (C=O) groups excluding carboxylic acids is 2. The van der Waals surface area contributed by atoms with Crippen LogP contribution in [0.3, 0.4) is 0 Å². The molecular weight excluding hydrogens is 374 g/mol. The zero-order valence-electron chi connectivity index (χ0n) is 15.5. The Morgan fingerprint density at radius 2 is 1.86 bits per heavy atom. The second-order valence-corrected chi connectivity index (χ2v) is 8.25. The van der Waals surface area contributed by atoms with Gasteiger partial charge in [0.05, 0.1) is 0 Å². The highest BCUT2D eigenvalue weighted by Crippen LogP contribution is 2.34. The second-order valence-electron chi connectivity index (χ2n) is 7.15. The molecule has 0 atom stereocenters. The van der Waals surface area contributed by atoms with E-state index in [0.29, 0.717) is 24.3 Å². The summed E-state index contributed by atoms with van der Waals surface area (Å²) in [5.41, 5.74) is 1.94. The minimum atomic E-state index is -0.0977. The van der Waals surface area contributed by atoms with Crippen molar-refractivity contribution in [3.8, 4) is 5.75 Å². The fourth-order valence-electron chi connectivity index (χ4n) is 3.07. The topological polar surface area (TPSA) is 71.5 Å². The van der Waals surface area contributed by atoms with Crippen molar-refractivity contribution in [2.75, 3.05) is 17.8 Å². The summed E-state index contributed by atoms with van der Waals surface area (Å²) in [6.45, 7) is 1.27. The Morgan fingerprint density at radius 3 is 2.46 bits per heavy atom. The van der Waals surface area contributed by atoms with Crippen LogP contribution < -0.4 is 9.46 Å². The maximum Gasteiger partial charge on any atom is 0.272 e. The summed E-state index contributed by atoms with van der Waals surface area (Å²) in [7, 11) is 0. The predicted molar refractivity (Wildman–Crippen MR) is 110 cm³/mol. The molecule has 2 aromatic rings. The number of pyridine rings is 1. The van der Waals surface area contributed by atoms with Crippen molar-refractivity contribution in [1.82, 2.24) is 9.88 Å². The van der Waals surface area contributed by atoms with E-state index in [0.717, 1.165) is 35.8 Å². The summed E-state index contributed by atoms with van der Waals surface area (Å²) >= 11 is 1.79. The Labute approximate surface area is 168 Å². The van der Waals surface area contributed by atoms with Gasteiger partial charge in [0.15, 0.2) is 6.29 Å². The molecule has 2 aliphatic rings. The molecule has 1 saturated carbocycles. The van der Waals surface area contributed by atoms with E-state index in [4.69, 9.17) is 4.74 Å². The molecule has 0 spiro atoms. The van der Waals surface area contributed by atoms with Gasteiger partial charge in [0.2, 0.25) is 0 Å². The van der Waals surface area contributed by atoms with E-state index in [1.54, 1.807) is 29.0 Å². The van der Waals surface area contributed by atoms with Gasteiger partial charge in [-0.15, -0.1) is 0 Å². The van der Waals surface area contributed by atoms with Gasteiger partial charge in [-0.1, -0.05) is 0 Å². The van der Waals surface area contributed by atoms with Gasteiger partial charge >= 0.3 is 0 Å². The molecule has 6 nitrogen and oxygen atoms in total. The number of amides is 1. The number of anilines is 1. The van der Waals surface area contributed by atoms with Crippen LogP contribution in [0.4, 0.5) is 5.69 Å². The SMILES string of the molecule is O=Cc1ccc(C(=O)N2CCC(Oc3ccc(NSC4CC4)cc3)CC2)nc1. The number of hydrogen-bond donors (Lipinski definition) is 1. The lowest BCUT2D eigenvalue weighted by molar-refractivity contribution is 0.0590. The van der Waals surface area contributed by atoms with Gasteiger partial charge < -0.3 is 14.4 Å². The van der Waals surface area contributed by atoms with Crippen molar-refractivity contribution in [2.45, 2.75) is 37.0 Å². The highest BCUT2D eigenvalue weighted by Gasteiger charge is 2.25. The van der Waals surface area contributed by atoms with Gasteiger partial charge in [-0.25, -0.2) is 0 Å². The lowest BCUT2D eigenvalue weighted by Crippen LogP contribution is -2.42. The van der Waals surface area contributed by atoms with Crippen molar-refractivity contribution in [2.24, 2.45) is 0 Å². The predicted octanol–water partition coefficient (Wildman–Crippen LogP) is 3.80. The van der Waals surface area contributed by atoms with Crippen LogP contribution in [0.1, 0.15) is 46.5 Å². The van der Waals surface area contributed by atoms with Crippen molar-refractivity contribution >= 4 is 29.8 Å². The van der Waals surface area contributed by atoms with Crippen LogP contribution in [0, 0.1) is 0 Å². The maximum absolute atomic E-state index is 12.5. The van der Waals surface area contributed by atoms with Crippen LogP contribution in [-0.4, -0.2) is 46.5 Å². The Kier molecular flexibility index (Phi) is 5.81. The Bertz CT molecular complexity index is 814. The highest BCUT2D eigenvalue weighted by atomic mass is 32.2. The molecule has 1 aliphatic heterocycles. The first-order valence-corrected chi connectivity index (χ1v) is 10.5. The first-order valence-electron chi connectivity index (χ1n) is 9.60. The molecule has 7 heteroatoms. The monoisotopic (exact) mass is 397 g/mol. The standard InChI is InChI=1S/C21H23N3O3S/c25-14-15-1-8-20(22-13-15)21(26)24-11-9-18(10-12-24)27-17-4-2-16(3-5-17)23-28-19-6-7-19/h1-5,8,13-14,18-19,23H,6-7,9-12H2. The molecule has 0 radical (unpaired) electrons. The Balaban J connectivity index is 1.25. The molecule has 1 amide bonds. The summed E-state index contributed by atoms with van der Waals surface area (Å²) in [4.78, 5) is 29.1. The zero-order valence-corrected chi connectivity index (χ0v) is 16.4. The van der Waals surface area contributed by atoms with Crippen molar-refractivity contribution in [3.63, 3.8) is 0 Å². The third-order valence-corrected chi connectivity index (χ3v) is 6.05. The number of aromatic nitrogens is 1. The fraction of sp³-hybridized carbons (Fsp3) is 0.381. The van der Waals surface area contributed by atoms with E-state index in [-0.39, 0.29) is 12.0 Å². The normalized spacial score (nSPS) is 17.2. The first kappa shape index (κ1) is 18.8. The van der Waals surface area contributed by atoms with Crippen LogP contribution in [0.2, 0.25) is 0 Å². The van der Waals surface area contributed by atoms with E-state index in [1.807, 2.05) is 24.3 Å². The van der Waals surface area contributed by atoms with Gasteiger partial charge in [0, 0.05) is 48.6 Å². The third kappa shape index (κ3) is 4.84. The molecule has 28 heavy (non-hydrogen) atoms. The van der Waals surface area contributed by atoms with Crippen molar-refractivity contribution in [3.05, 3.63) is 53.9 Å². The molecule has 1 saturated heterocycles. The molecule has 2 heterocycles. The fourth-order valence-corrected chi connectivity index (χ4v) is 3.88. The summed E-state index contributed by atoms with van der Waals surface area (Å²) in [5, 5.41) is 0.766. The van der Waals surface area contributed by atoms with Gasteiger partial charge in [-0.3, -0.25) is 14.6 Å². The van der Waals surface area contributed by atoms with E-state index in [9.17, 15) is 9.59 Å². The van der Waals surface area contributed by atoms with Gasteiger partial charge in [-0.2, -0.15) is 0 Å². The van der Waals surface area contributed by atoms with Gasteiger partial charge in [0.1, 0.15) is 17.5 Å². The number of nitrogens with one attached hydrogen (secondary N) is 1. The molecular formula is C21H23N3O3S. The highest BCUT2D eigenvalue weighted by molar-refractivity contribution is 8.01. The number of likely N-dealkylation sites (tertiary alicyclic amines) is 1. The maximum atomic E-state index is 12.5. The number of piperidine rings is 1. The molecule has 0 unspecified atom stereocenters. The summed E-state index contributed by atoms with van der Waals surface area (Å²) in [6.07, 6.45) is 6.44. The van der Waals surface area contributed by atoms with Crippen molar-refractivity contribution in [1.29, 1.82) is 0 Å². The first-order chi connectivity index (χ1) is 13.7. The Morgan fingerprint density at radius 1 is 1.11 bits per heavy atom. The molecule has 1 aromatic heterocycles. The van der Waals surface area contributed by atoms with E-state index < -0.39 is 0 Å². The largest absolute Gasteiger partial charge is 0.490 e. The number of ether oxygens (including phenoxy) is 1. The minimum Gasteiger partial charge on any atom is -0.490 e. The smallest absolute Gasteiger partial charge is 0.272 e. The lowest BCUT2D eigenvalue weighted by Gasteiger charge is -2.32. The molecule has 146 valence electrons. The van der Waals surface area contributed by atoms with Crippen LogP contribution >= 0.6 is 11.9 Å². The number of aldehydes is 1. The number of carbonyl (C=O) groups is 2. The zero-order chi connectivity index (χ0) is 19.3. The molecule has 4 rings (SSSR count). The van der Waals surface area contributed by atoms with Crippen molar-refractivity contribution < 1.29 is 14.3 Å². The number of nitrogens with zero attached hydrogens (tertiary/aromatic N) is 2. The van der Waals surface area contributed by atoms with E-state index >= 15 is 0 Å². The second kappa shape index (κ2) is 8.65. The van der Waals surface area contributed by atoms with Gasteiger partial charge in [0.25, 0.3) is 5.91 Å². The lowest BCUT2D eigenvalue weighted by atomic mass is 10.1. The molecule has 2 fully saturated rings. The van der Waals surface area contributed by atoms with Crippen LogP contribution in [0.15, 0.2) is 42.6 Å². The van der Waals surface area contributed by atoms with Crippen LogP contribution in [-0.2, 0) is 0 Å². The van der Waals surface area contributed by atoms with E-state index in [2.05, 4.69) is 9.71 Å². The summed E-state index contributed by atoms with van der Waals surface area (Å²) < 4.78 is 9.46. The third-order valence-electron chi connectivity index (χ3n) is 4.90. The van der Waals surface area contributed by atoms with Crippen LogP contribution in [0.25, 0.3) is 0 Å². The molecule has 1 N–H and O–H groups in total. The Hall–Kier alpha value is -2.54. The minimum absolute atomic E-state index is 0.0977. The average Bonchev–Trinajstić information content (AvgIpc) is 3.58.